The molecule has 0 aliphatic heterocycles. The molecule has 0 spiro atoms. The molecule has 3 rings (SSSR count). The van der Waals surface area contributed by atoms with Crippen molar-refractivity contribution in [2.45, 2.75) is 48.5 Å². The molecular weight excluding hydrogens is 295 g/mol. The molecule has 0 bridgehead atoms. The number of allylic oxidation sites excluding steroid dienone is 12. The Morgan fingerprint density at radius 3 is 2.30 bits per heavy atom. The molecule has 0 aromatic carbocycles. The highest BCUT2D eigenvalue weighted by atomic mass is 31.0. The minimum atomic E-state index is 0.0850. The molecule has 0 N–H and O–H groups in total. The van der Waals surface area contributed by atoms with Crippen LogP contribution < -0.4 is 0 Å². The Morgan fingerprint density at radius 2 is 1.65 bits per heavy atom. The van der Waals surface area contributed by atoms with Crippen molar-refractivity contribution in [3.8, 4) is 0 Å². The Bertz CT molecular complexity index is 675. The van der Waals surface area contributed by atoms with Gasteiger partial charge in [-0.1, -0.05) is 78.0 Å². The highest BCUT2D eigenvalue weighted by Crippen LogP contribution is 2.54. The summed E-state index contributed by atoms with van der Waals surface area (Å²) in [7, 11) is 2.91. The van der Waals surface area contributed by atoms with Gasteiger partial charge in [0.2, 0.25) is 0 Å². The third-order valence-corrected chi connectivity index (χ3v) is 5.69. The molecule has 0 amide bonds. The van der Waals surface area contributed by atoms with Gasteiger partial charge in [-0.3, -0.25) is 0 Å². The van der Waals surface area contributed by atoms with Crippen LogP contribution >= 0.6 is 9.24 Å². The van der Waals surface area contributed by atoms with E-state index in [2.05, 4.69) is 80.3 Å². The van der Waals surface area contributed by atoms with Gasteiger partial charge in [0.25, 0.3) is 0 Å². The summed E-state index contributed by atoms with van der Waals surface area (Å²) in [5, 5.41) is 1.38. The van der Waals surface area contributed by atoms with E-state index < -0.39 is 0 Å². The molecule has 0 saturated heterocycles. The minimum absolute atomic E-state index is 0.0850. The van der Waals surface area contributed by atoms with Crippen LogP contribution in [-0.4, -0.2) is 0 Å². The fourth-order valence-corrected chi connectivity index (χ4v) is 4.15. The fraction of sp³-hybridized carbons (Fsp3) is 0.455. The summed E-state index contributed by atoms with van der Waals surface area (Å²) in [5.41, 5.74) is 7.33. The van der Waals surface area contributed by atoms with Gasteiger partial charge in [0.1, 0.15) is 0 Å². The Hall–Kier alpha value is -1.13. The second-order valence-corrected chi connectivity index (χ2v) is 7.77. The van der Waals surface area contributed by atoms with Crippen LogP contribution in [-0.2, 0) is 0 Å². The van der Waals surface area contributed by atoms with Gasteiger partial charge in [-0.15, -0.1) is 9.24 Å². The van der Waals surface area contributed by atoms with Gasteiger partial charge < -0.3 is 0 Å². The standard InChI is InChI=1S/C20H25P.C2H6/c1-12-6-8-15-16-10-13(2)18(21)11-14(3)19(16)20(4,5)17(15)9-7-12;1-2/h6-13H,21H2,1-5H3;1-2H3. The SMILES string of the molecule is CC.CC1=C2C(=CC(C)C(P)=C1)C1=C(C=CC(C)C=C1)C2(C)C. The van der Waals surface area contributed by atoms with Crippen LogP contribution in [0, 0.1) is 17.3 Å². The van der Waals surface area contributed by atoms with Crippen molar-refractivity contribution >= 4 is 9.24 Å². The summed E-state index contributed by atoms with van der Waals surface area (Å²) in [6.07, 6.45) is 14.1. The van der Waals surface area contributed by atoms with Gasteiger partial charge in [0.05, 0.1) is 0 Å². The van der Waals surface area contributed by atoms with E-state index in [9.17, 15) is 0 Å². The number of hydrogen-bond donors (Lipinski definition) is 0. The molecule has 3 unspecified atom stereocenters. The smallest absolute Gasteiger partial charge is 0.0161 e. The zero-order valence-corrected chi connectivity index (χ0v) is 16.9. The van der Waals surface area contributed by atoms with Gasteiger partial charge in [0.15, 0.2) is 0 Å². The zero-order valence-electron chi connectivity index (χ0n) is 15.7. The quantitative estimate of drug-likeness (QED) is 0.431. The summed E-state index contributed by atoms with van der Waals surface area (Å²) >= 11 is 0. The Labute approximate surface area is 145 Å². The topological polar surface area (TPSA) is 0 Å². The third kappa shape index (κ3) is 3.11. The Kier molecular flexibility index (Phi) is 5.37. The number of rotatable bonds is 0. The molecule has 0 radical (unpaired) electrons. The number of hydrogen-bond acceptors (Lipinski definition) is 0. The molecule has 0 aromatic rings. The van der Waals surface area contributed by atoms with Crippen LogP contribution in [0.25, 0.3) is 0 Å². The van der Waals surface area contributed by atoms with Gasteiger partial charge >= 0.3 is 0 Å². The van der Waals surface area contributed by atoms with Crippen molar-refractivity contribution < 1.29 is 0 Å². The Balaban J connectivity index is 0.000000924. The molecule has 3 aliphatic carbocycles. The van der Waals surface area contributed by atoms with E-state index in [-0.39, 0.29) is 5.41 Å². The summed E-state index contributed by atoms with van der Waals surface area (Å²) in [6, 6.07) is 0. The van der Waals surface area contributed by atoms with Gasteiger partial charge in [-0.05, 0) is 51.9 Å². The highest BCUT2D eigenvalue weighted by Gasteiger charge is 2.40. The lowest BCUT2D eigenvalue weighted by atomic mass is 9.78. The van der Waals surface area contributed by atoms with Gasteiger partial charge in [0, 0.05) is 5.41 Å². The minimum Gasteiger partial charge on any atom is -0.109 e. The maximum Gasteiger partial charge on any atom is 0.0161 e. The van der Waals surface area contributed by atoms with E-state index in [4.69, 9.17) is 0 Å². The summed E-state index contributed by atoms with van der Waals surface area (Å²) in [4.78, 5) is 0. The first-order valence-electron chi connectivity index (χ1n) is 8.84. The second-order valence-electron chi connectivity index (χ2n) is 7.10. The van der Waals surface area contributed by atoms with E-state index in [1.807, 2.05) is 13.8 Å². The molecule has 3 atom stereocenters. The number of fused-ring (bicyclic) bond motifs is 2. The van der Waals surface area contributed by atoms with Crippen LogP contribution in [0.1, 0.15) is 48.5 Å². The lowest BCUT2D eigenvalue weighted by Crippen LogP contribution is -2.14. The van der Waals surface area contributed by atoms with Crippen LogP contribution in [0.5, 0.6) is 0 Å². The van der Waals surface area contributed by atoms with Crippen molar-refractivity contribution in [2.24, 2.45) is 17.3 Å². The molecular formula is C22H31P. The first-order valence-corrected chi connectivity index (χ1v) is 9.42. The third-order valence-electron chi connectivity index (χ3n) is 5.00. The maximum atomic E-state index is 2.91. The first-order chi connectivity index (χ1) is 10.8. The monoisotopic (exact) mass is 326 g/mol. The van der Waals surface area contributed by atoms with E-state index in [1.54, 1.807) is 0 Å². The van der Waals surface area contributed by atoms with Crippen molar-refractivity contribution in [3.63, 3.8) is 0 Å². The van der Waals surface area contributed by atoms with Crippen LogP contribution in [0.4, 0.5) is 0 Å². The first kappa shape index (κ1) is 18.2. The molecule has 1 heteroatoms. The normalized spacial score (nSPS) is 28.2. The Morgan fingerprint density at radius 1 is 1.04 bits per heavy atom. The van der Waals surface area contributed by atoms with Gasteiger partial charge in [-0.2, -0.15) is 0 Å². The van der Waals surface area contributed by atoms with E-state index in [0.717, 1.165) is 0 Å². The van der Waals surface area contributed by atoms with Crippen LogP contribution in [0.3, 0.4) is 0 Å². The second kappa shape index (κ2) is 6.78. The lowest BCUT2D eigenvalue weighted by Gasteiger charge is -2.25. The molecule has 23 heavy (non-hydrogen) atoms. The van der Waals surface area contributed by atoms with E-state index in [1.165, 1.54) is 33.2 Å². The molecule has 0 aromatic heterocycles. The molecule has 124 valence electrons. The van der Waals surface area contributed by atoms with E-state index in [0.29, 0.717) is 11.8 Å². The summed E-state index contributed by atoms with van der Waals surface area (Å²) in [5.74, 6) is 0.984. The average Bonchev–Trinajstić information content (AvgIpc) is 2.64. The van der Waals surface area contributed by atoms with Crippen LogP contribution in [0.2, 0.25) is 0 Å². The molecule has 0 saturated carbocycles. The molecule has 0 fully saturated rings. The van der Waals surface area contributed by atoms with Crippen LogP contribution in [0.15, 0.2) is 69.6 Å². The largest absolute Gasteiger partial charge is 0.109 e. The average molecular weight is 326 g/mol. The zero-order chi connectivity index (χ0) is 17.4. The fourth-order valence-electron chi connectivity index (χ4n) is 3.80. The van der Waals surface area contributed by atoms with Crippen molar-refractivity contribution in [3.05, 3.63) is 69.6 Å². The summed E-state index contributed by atoms with van der Waals surface area (Å²) in [6.45, 7) is 15.5. The maximum absolute atomic E-state index is 2.91. The highest BCUT2D eigenvalue weighted by molar-refractivity contribution is 7.22. The predicted molar refractivity (Wildman–Crippen MR) is 107 cm³/mol. The summed E-state index contributed by atoms with van der Waals surface area (Å²) < 4.78 is 0. The van der Waals surface area contributed by atoms with Crippen molar-refractivity contribution in [1.29, 1.82) is 0 Å². The van der Waals surface area contributed by atoms with Gasteiger partial charge in [-0.25, -0.2) is 0 Å². The van der Waals surface area contributed by atoms with E-state index >= 15 is 0 Å². The molecule has 3 aliphatic rings. The van der Waals surface area contributed by atoms with Crippen molar-refractivity contribution in [2.75, 3.05) is 0 Å². The predicted octanol–water partition coefficient (Wildman–Crippen LogP) is 6.76. The molecule has 0 nitrogen and oxygen atoms in total. The molecule has 0 heterocycles. The van der Waals surface area contributed by atoms with Crippen molar-refractivity contribution in [1.82, 2.24) is 0 Å². The lowest BCUT2D eigenvalue weighted by molar-refractivity contribution is 0.574.